The Kier molecular flexibility index (Phi) is 13.2. The van der Waals surface area contributed by atoms with E-state index in [1.165, 1.54) is 5.56 Å². The summed E-state index contributed by atoms with van der Waals surface area (Å²) in [6, 6.07) is 8.27. The molecule has 0 aromatic heterocycles. The van der Waals surface area contributed by atoms with E-state index in [1.807, 2.05) is 53.7 Å². The van der Waals surface area contributed by atoms with Gasteiger partial charge < -0.3 is 4.74 Å². The summed E-state index contributed by atoms with van der Waals surface area (Å²) in [4.78, 5) is 0. The van der Waals surface area contributed by atoms with Crippen molar-refractivity contribution in [1.29, 1.82) is 0 Å². The predicted octanol–water partition coefficient (Wildman–Crippen LogP) is 5.09. The third-order valence-electron chi connectivity index (χ3n) is 1.70. The molecule has 0 bridgehead atoms. The van der Waals surface area contributed by atoms with Gasteiger partial charge in [-0.15, -0.1) is 0 Å². The molecule has 1 heteroatoms. The molecule has 0 amide bonds. The highest BCUT2D eigenvalue weighted by atomic mass is 16.5. The van der Waals surface area contributed by atoms with E-state index in [-0.39, 0.29) is 6.10 Å². The molecule has 0 saturated carbocycles. The van der Waals surface area contributed by atoms with Gasteiger partial charge in [0.25, 0.3) is 0 Å². The Morgan fingerprint density at radius 3 is 1.69 bits per heavy atom. The van der Waals surface area contributed by atoms with Crippen molar-refractivity contribution >= 4 is 0 Å². The lowest BCUT2D eigenvalue weighted by molar-refractivity contribution is 0.242. The van der Waals surface area contributed by atoms with Crippen molar-refractivity contribution in [3.8, 4) is 5.75 Å². The van der Waals surface area contributed by atoms with E-state index in [4.69, 9.17) is 4.74 Å². The number of rotatable bonds is 3. The average Bonchev–Trinajstić information content (AvgIpc) is 2.34. The molecule has 0 atom stereocenters. The number of benzene rings is 1. The molecule has 1 aromatic rings. The van der Waals surface area contributed by atoms with Gasteiger partial charge in [-0.3, -0.25) is 0 Å². The fourth-order valence-corrected chi connectivity index (χ4v) is 1.08. The van der Waals surface area contributed by atoms with Crippen LogP contribution in [0.3, 0.4) is 0 Å². The second-order valence-electron chi connectivity index (χ2n) is 3.16. The maximum atomic E-state index is 5.51. The first-order chi connectivity index (χ1) is 7.72. The van der Waals surface area contributed by atoms with Gasteiger partial charge in [-0.25, -0.2) is 0 Å². The highest BCUT2D eigenvalue weighted by molar-refractivity contribution is 5.27. The van der Waals surface area contributed by atoms with E-state index in [0.717, 1.165) is 12.2 Å². The van der Waals surface area contributed by atoms with Gasteiger partial charge in [0.05, 0.1) is 6.10 Å². The lowest BCUT2D eigenvalue weighted by Crippen LogP contribution is -2.05. The molecule has 1 nitrogen and oxygen atoms in total. The first kappa shape index (κ1) is 17.4. The summed E-state index contributed by atoms with van der Waals surface area (Å²) in [6.45, 7) is 14.2. The Morgan fingerprint density at radius 1 is 0.938 bits per heavy atom. The second kappa shape index (κ2) is 12.1. The lowest BCUT2D eigenvalue weighted by atomic mass is 10.2. The van der Waals surface area contributed by atoms with Gasteiger partial charge in [-0.1, -0.05) is 46.8 Å². The molecular formula is C15H28O. The zero-order chi connectivity index (χ0) is 13.0. The molecule has 0 spiro atoms. The third kappa shape index (κ3) is 8.34. The van der Waals surface area contributed by atoms with Crippen LogP contribution in [0.2, 0.25) is 0 Å². The van der Waals surface area contributed by atoms with Crippen LogP contribution in [0.4, 0.5) is 0 Å². The molecule has 16 heavy (non-hydrogen) atoms. The minimum absolute atomic E-state index is 0.262. The molecule has 0 aliphatic heterocycles. The average molecular weight is 224 g/mol. The topological polar surface area (TPSA) is 9.23 Å². The maximum absolute atomic E-state index is 5.51. The van der Waals surface area contributed by atoms with Crippen LogP contribution in [-0.2, 0) is 6.42 Å². The van der Waals surface area contributed by atoms with Gasteiger partial charge in [-0.05, 0) is 38.0 Å². The standard InChI is InChI=1S/C11H16O.2C2H6/c1-4-10-5-7-11(8-6-10)12-9(2)3;2*1-2/h5-9H,4H2,1-3H3;2*1-2H3. The van der Waals surface area contributed by atoms with Gasteiger partial charge in [0.15, 0.2) is 0 Å². The summed E-state index contributed by atoms with van der Waals surface area (Å²) in [6.07, 6.45) is 1.35. The summed E-state index contributed by atoms with van der Waals surface area (Å²) in [7, 11) is 0. The van der Waals surface area contributed by atoms with E-state index in [1.54, 1.807) is 0 Å². The van der Waals surface area contributed by atoms with Crippen LogP contribution in [0.15, 0.2) is 24.3 Å². The summed E-state index contributed by atoms with van der Waals surface area (Å²) >= 11 is 0. The maximum Gasteiger partial charge on any atom is 0.119 e. The van der Waals surface area contributed by atoms with E-state index in [0.29, 0.717) is 0 Å². The molecule has 1 rings (SSSR count). The van der Waals surface area contributed by atoms with E-state index in [2.05, 4.69) is 19.1 Å². The zero-order valence-corrected chi connectivity index (χ0v) is 12.0. The van der Waals surface area contributed by atoms with Crippen LogP contribution in [0.25, 0.3) is 0 Å². The number of hydrogen-bond donors (Lipinski definition) is 0. The minimum Gasteiger partial charge on any atom is -0.491 e. The van der Waals surface area contributed by atoms with E-state index < -0.39 is 0 Å². The summed E-state index contributed by atoms with van der Waals surface area (Å²) in [5, 5.41) is 0. The number of ether oxygens (including phenoxy) is 1. The van der Waals surface area contributed by atoms with Crippen LogP contribution in [0.5, 0.6) is 5.75 Å². The molecule has 0 N–H and O–H groups in total. The van der Waals surface area contributed by atoms with Crippen molar-refractivity contribution < 1.29 is 4.74 Å². The van der Waals surface area contributed by atoms with Crippen molar-refractivity contribution in [2.24, 2.45) is 0 Å². The molecule has 0 aliphatic carbocycles. The predicted molar refractivity (Wildman–Crippen MR) is 74.3 cm³/mol. The van der Waals surface area contributed by atoms with Gasteiger partial charge in [0.2, 0.25) is 0 Å². The fourth-order valence-electron chi connectivity index (χ4n) is 1.08. The highest BCUT2D eigenvalue weighted by Crippen LogP contribution is 2.13. The molecule has 0 heterocycles. The third-order valence-corrected chi connectivity index (χ3v) is 1.70. The monoisotopic (exact) mass is 224 g/mol. The summed E-state index contributed by atoms with van der Waals surface area (Å²) < 4.78 is 5.51. The second-order valence-corrected chi connectivity index (χ2v) is 3.16. The van der Waals surface area contributed by atoms with Gasteiger partial charge in [0, 0.05) is 0 Å². The number of hydrogen-bond acceptors (Lipinski definition) is 1. The Hall–Kier alpha value is -0.980. The summed E-state index contributed by atoms with van der Waals surface area (Å²) in [5.74, 6) is 0.960. The fraction of sp³-hybridized carbons (Fsp3) is 0.600. The molecule has 1 aromatic carbocycles. The van der Waals surface area contributed by atoms with Gasteiger partial charge in [0.1, 0.15) is 5.75 Å². The molecule has 0 unspecified atom stereocenters. The molecule has 0 aliphatic rings. The first-order valence-corrected chi connectivity index (χ1v) is 6.48. The van der Waals surface area contributed by atoms with Crippen molar-refractivity contribution in [3.63, 3.8) is 0 Å². The quantitative estimate of drug-likeness (QED) is 0.695. The number of aryl methyl sites for hydroxylation is 1. The Balaban J connectivity index is 0. The van der Waals surface area contributed by atoms with Crippen LogP contribution < -0.4 is 4.74 Å². The van der Waals surface area contributed by atoms with Crippen LogP contribution in [-0.4, -0.2) is 6.10 Å². The Bertz CT molecular complexity index is 224. The molecule has 0 saturated heterocycles. The van der Waals surface area contributed by atoms with Crippen molar-refractivity contribution in [3.05, 3.63) is 29.8 Å². The van der Waals surface area contributed by atoms with Crippen LogP contribution in [0, 0.1) is 0 Å². The molecule has 0 fully saturated rings. The Labute approximate surface area is 102 Å². The summed E-state index contributed by atoms with van der Waals surface area (Å²) in [5.41, 5.74) is 1.35. The van der Waals surface area contributed by atoms with Crippen LogP contribution in [0.1, 0.15) is 54.0 Å². The SMILES string of the molecule is CC.CC.CCc1ccc(OC(C)C)cc1. The normalized spacial score (nSPS) is 8.50. The largest absolute Gasteiger partial charge is 0.491 e. The smallest absolute Gasteiger partial charge is 0.119 e. The minimum atomic E-state index is 0.262. The van der Waals surface area contributed by atoms with E-state index >= 15 is 0 Å². The van der Waals surface area contributed by atoms with Gasteiger partial charge in [-0.2, -0.15) is 0 Å². The molecule has 0 radical (unpaired) electrons. The molecular weight excluding hydrogens is 196 g/mol. The lowest BCUT2D eigenvalue weighted by Gasteiger charge is -2.09. The van der Waals surface area contributed by atoms with Crippen LogP contribution >= 0.6 is 0 Å². The van der Waals surface area contributed by atoms with Crippen molar-refractivity contribution in [2.75, 3.05) is 0 Å². The van der Waals surface area contributed by atoms with Gasteiger partial charge >= 0.3 is 0 Å². The highest BCUT2D eigenvalue weighted by Gasteiger charge is 1.96. The Morgan fingerprint density at radius 2 is 1.38 bits per heavy atom. The molecule has 94 valence electrons. The van der Waals surface area contributed by atoms with E-state index in [9.17, 15) is 0 Å². The van der Waals surface area contributed by atoms with Crippen molar-refractivity contribution in [1.82, 2.24) is 0 Å². The first-order valence-electron chi connectivity index (χ1n) is 6.48. The van der Waals surface area contributed by atoms with Crippen molar-refractivity contribution in [2.45, 2.75) is 61.0 Å². The zero-order valence-electron chi connectivity index (χ0n) is 12.0.